The number of amides is 2. The molecule has 2 amide bonds. The standard InChI is InChI=1S/C13H19N2O3/c1-12(2)7-9(8-13(3,4)15(12)18)14-10(16)5-6-11(14)17/h5-6,9H,7-8H2,1-4H3. The molecule has 5 heteroatoms. The molecule has 2 rings (SSSR count). The van der Waals surface area contributed by atoms with Gasteiger partial charge in [0.25, 0.3) is 11.8 Å². The highest BCUT2D eigenvalue weighted by Gasteiger charge is 2.49. The minimum atomic E-state index is -0.574. The maximum atomic E-state index is 12.2. The van der Waals surface area contributed by atoms with Crippen molar-refractivity contribution in [3.63, 3.8) is 0 Å². The van der Waals surface area contributed by atoms with Crippen molar-refractivity contribution in [1.82, 2.24) is 9.96 Å². The number of nitrogens with zero attached hydrogens (tertiary/aromatic N) is 2. The van der Waals surface area contributed by atoms with Gasteiger partial charge in [-0.2, -0.15) is 0 Å². The number of rotatable bonds is 1. The molecule has 18 heavy (non-hydrogen) atoms. The number of hydrogen-bond acceptors (Lipinski definition) is 3. The van der Waals surface area contributed by atoms with E-state index in [4.69, 9.17) is 0 Å². The van der Waals surface area contributed by atoms with Crippen LogP contribution in [0.15, 0.2) is 12.2 Å². The second-order valence-corrected chi connectivity index (χ2v) is 6.36. The van der Waals surface area contributed by atoms with Crippen molar-refractivity contribution in [2.75, 3.05) is 0 Å². The minimum absolute atomic E-state index is 0.199. The predicted molar refractivity (Wildman–Crippen MR) is 64.7 cm³/mol. The fourth-order valence-corrected chi connectivity index (χ4v) is 3.16. The Morgan fingerprint density at radius 3 is 1.78 bits per heavy atom. The van der Waals surface area contributed by atoms with Crippen LogP contribution in [0.2, 0.25) is 0 Å². The van der Waals surface area contributed by atoms with Crippen molar-refractivity contribution in [3.05, 3.63) is 12.2 Å². The molecule has 0 aromatic rings. The van der Waals surface area contributed by atoms with E-state index in [1.807, 2.05) is 27.7 Å². The Hall–Kier alpha value is -1.20. The first-order valence-electron chi connectivity index (χ1n) is 6.18. The van der Waals surface area contributed by atoms with Crippen LogP contribution in [-0.2, 0) is 14.8 Å². The van der Waals surface area contributed by atoms with Gasteiger partial charge < -0.3 is 0 Å². The van der Waals surface area contributed by atoms with Gasteiger partial charge in [-0.1, -0.05) is 0 Å². The fourth-order valence-electron chi connectivity index (χ4n) is 3.16. The van der Waals surface area contributed by atoms with Gasteiger partial charge in [0, 0.05) is 29.3 Å². The van der Waals surface area contributed by atoms with E-state index in [9.17, 15) is 14.8 Å². The van der Waals surface area contributed by atoms with Gasteiger partial charge in [-0.15, -0.1) is 10.3 Å². The van der Waals surface area contributed by atoms with Crippen LogP contribution in [0, 0.1) is 0 Å². The van der Waals surface area contributed by atoms with Crippen LogP contribution in [0.4, 0.5) is 0 Å². The lowest BCUT2D eigenvalue weighted by molar-refractivity contribution is -0.293. The molecule has 1 saturated heterocycles. The molecule has 1 radical (unpaired) electrons. The number of piperidine rings is 1. The number of carbonyl (C=O) groups is 2. The molecule has 0 aliphatic carbocycles. The zero-order valence-electron chi connectivity index (χ0n) is 11.3. The van der Waals surface area contributed by atoms with Gasteiger partial charge in [-0.05, 0) is 40.5 Å². The van der Waals surface area contributed by atoms with Gasteiger partial charge in [-0.25, -0.2) is 0 Å². The first-order valence-corrected chi connectivity index (χ1v) is 6.18. The largest absolute Gasteiger partial charge is 0.272 e. The van der Waals surface area contributed by atoms with E-state index in [0.717, 1.165) is 5.06 Å². The van der Waals surface area contributed by atoms with E-state index in [1.54, 1.807) is 0 Å². The monoisotopic (exact) mass is 251 g/mol. The van der Waals surface area contributed by atoms with Gasteiger partial charge in [0.05, 0.1) is 0 Å². The molecule has 0 aromatic carbocycles. The average molecular weight is 251 g/mol. The molecular formula is C13H19N2O3. The van der Waals surface area contributed by atoms with E-state index < -0.39 is 11.1 Å². The van der Waals surface area contributed by atoms with Crippen molar-refractivity contribution in [2.24, 2.45) is 0 Å². The summed E-state index contributed by atoms with van der Waals surface area (Å²) in [6, 6.07) is -0.199. The summed E-state index contributed by atoms with van der Waals surface area (Å²) >= 11 is 0. The smallest absolute Gasteiger partial charge is 0.253 e. The maximum Gasteiger partial charge on any atom is 0.253 e. The Balaban J connectivity index is 2.26. The van der Waals surface area contributed by atoms with Gasteiger partial charge in [0.15, 0.2) is 0 Å². The third kappa shape index (κ3) is 1.97. The van der Waals surface area contributed by atoms with Crippen LogP contribution in [0.3, 0.4) is 0 Å². The van der Waals surface area contributed by atoms with E-state index in [-0.39, 0.29) is 17.9 Å². The summed E-state index contributed by atoms with van der Waals surface area (Å²) in [6.07, 6.45) is 3.62. The van der Waals surface area contributed by atoms with Crippen molar-refractivity contribution in [2.45, 2.75) is 57.7 Å². The SMILES string of the molecule is CC1(C)CC(N2C(=O)C=CC2=O)CC(C)(C)N1[O]. The van der Waals surface area contributed by atoms with E-state index >= 15 is 0 Å². The second-order valence-electron chi connectivity index (χ2n) is 6.36. The Morgan fingerprint density at radius 2 is 1.39 bits per heavy atom. The summed E-state index contributed by atoms with van der Waals surface area (Å²) in [5, 5.41) is 13.3. The molecule has 2 aliphatic rings. The van der Waals surface area contributed by atoms with Crippen LogP contribution in [0.1, 0.15) is 40.5 Å². The highest BCUT2D eigenvalue weighted by atomic mass is 16.5. The van der Waals surface area contributed by atoms with Crippen molar-refractivity contribution in [1.29, 1.82) is 0 Å². The fraction of sp³-hybridized carbons (Fsp3) is 0.692. The van der Waals surface area contributed by atoms with Crippen LogP contribution < -0.4 is 0 Å². The van der Waals surface area contributed by atoms with Crippen molar-refractivity contribution in [3.8, 4) is 0 Å². The maximum absolute atomic E-state index is 12.2. The lowest BCUT2D eigenvalue weighted by Crippen LogP contribution is -2.63. The Kier molecular flexibility index (Phi) is 2.87. The van der Waals surface area contributed by atoms with E-state index in [0.29, 0.717) is 12.8 Å². The number of hydroxylamine groups is 2. The molecule has 0 saturated carbocycles. The molecule has 0 N–H and O–H groups in total. The number of carbonyl (C=O) groups excluding carboxylic acids is 2. The van der Waals surface area contributed by atoms with Crippen molar-refractivity contribution >= 4 is 11.8 Å². The van der Waals surface area contributed by atoms with Crippen molar-refractivity contribution < 1.29 is 14.8 Å². The lowest BCUT2D eigenvalue weighted by atomic mass is 9.78. The topological polar surface area (TPSA) is 60.5 Å². The van der Waals surface area contributed by atoms with Crippen LogP contribution >= 0.6 is 0 Å². The van der Waals surface area contributed by atoms with Gasteiger partial charge in [0.1, 0.15) is 0 Å². The van der Waals surface area contributed by atoms with Crippen LogP contribution in [0.25, 0.3) is 0 Å². The summed E-state index contributed by atoms with van der Waals surface area (Å²) in [6.45, 7) is 7.41. The first-order chi connectivity index (χ1) is 8.15. The average Bonchev–Trinajstić information content (AvgIpc) is 2.54. The first kappa shape index (κ1) is 13.2. The summed E-state index contributed by atoms with van der Waals surface area (Å²) < 4.78 is 0. The highest BCUT2D eigenvalue weighted by molar-refractivity contribution is 6.13. The molecule has 5 nitrogen and oxygen atoms in total. The molecule has 0 atom stereocenters. The lowest BCUT2D eigenvalue weighted by Gasteiger charge is -2.51. The van der Waals surface area contributed by atoms with Crippen LogP contribution in [-0.4, -0.2) is 38.9 Å². The normalized spacial score (nSPS) is 28.2. The third-order valence-electron chi connectivity index (χ3n) is 3.78. The molecule has 99 valence electrons. The summed E-state index contributed by atoms with van der Waals surface area (Å²) in [5.74, 6) is -0.535. The molecule has 2 heterocycles. The Morgan fingerprint density at radius 1 is 1.00 bits per heavy atom. The summed E-state index contributed by atoms with van der Waals surface area (Å²) in [5.41, 5.74) is -1.15. The molecule has 0 spiro atoms. The minimum Gasteiger partial charge on any atom is -0.272 e. The summed E-state index contributed by atoms with van der Waals surface area (Å²) in [7, 11) is 0. The Bertz CT molecular complexity index is 390. The molecule has 0 aromatic heterocycles. The Labute approximate surface area is 107 Å². The van der Waals surface area contributed by atoms with Gasteiger partial charge >= 0.3 is 0 Å². The molecule has 0 unspecified atom stereocenters. The zero-order chi connectivity index (χ0) is 13.7. The van der Waals surface area contributed by atoms with Gasteiger partial charge in [0.2, 0.25) is 0 Å². The van der Waals surface area contributed by atoms with Gasteiger partial charge in [-0.3, -0.25) is 14.5 Å². The molecule has 1 fully saturated rings. The zero-order valence-corrected chi connectivity index (χ0v) is 11.3. The summed E-state index contributed by atoms with van der Waals surface area (Å²) in [4.78, 5) is 24.7. The van der Waals surface area contributed by atoms with Crippen LogP contribution in [0.5, 0.6) is 0 Å². The predicted octanol–water partition coefficient (Wildman–Crippen LogP) is 1.28. The van der Waals surface area contributed by atoms with E-state index in [2.05, 4.69) is 0 Å². The number of hydrogen-bond donors (Lipinski definition) is 0. The second kappa shape index (κ2) is 3.90. The van der Waals surface area contributed by atoms with E-state index in [1.165, 1.54) is 17.1 Å². The quantitative estimate of drug-likeness (QED) is 0.659. The number of imide groups is 1. The third-order valence-corrected chi connectivity index (χ3v) is 3.78. The molecule has 2 aliphatic heterocycles. The molecule has 0 bridgehead atoms. The highest BCUT2D eigenvalue weighted by Crippen LogP contribution is 2.39. The molecular weight excluding hydrogens is 232 g/mol.